The molecule has 7 heteroatoms. The van der Waals surface area contributed by atoms with Crippen LogP contribution in [0.5, 0.6) is 5.88 Å². The zero-order chi connectivity index (χ0) is 19.4. The zero-order valence-corrected chi connectivity index (χ0v) is 16.3. The van der Waals surface area contributed by atoms with Gasteiger partial charge in [-0.05, 0) is 68.9 Å². The average molecular weight is 385 g/mol. The Bertz CT molecular complexity index is 941. The molecule has 0 radical (unpaired) electrons. The number of ether oxygens (including phenoxy) is 1. The van der Waals surface area contributed by atoms with Gasteiger partial charge in [-0.25, -0.2) is 18.1 Å². The first-order valence-electron chi connectivity index (χ1n) is 9.00. The van der Waals surface area contributed by atoms with Gasteiger partial charge < -0.3 is 4.74 Å². The summed E-state index contributed by atoms with van der Waals surface area (Å²) in [6, 6.07) is 10.5. The van der Waals surface area contributed by atoms with Gasteiger partial charge in [-0.15, -0.1) is 0 Å². The standard InChI is InChI=1S/C20H23N3O3S/c1-14-3-9-19(11-15(14)2)27(24,25)23-17-5-7-18(8-6-17)26-20-10-4-16(12-21)13-22-20/h3-4,9-11,13,17-18,23H,5-8H2,1-2H3. The maximum Gasteiger partial charge on any atom is 0.240 e. The molecule has 1 fully saturated rings. The van der Waals surface area contributed by atoms with Gasteiger partial charge in [0.25, 0.3) is 0 Å². The molecule has 2 aromatic rings. The van der Waals surface area contributed by atoms with Crippen LogP contribution in [-0.4, -0.2) is 25.5 Å². The van der Waals surface area contributed by atoms with Crippen LogP contribution >= 0.6 is 0 Å². The molecule has 0 saturated heterocycles. The molecule has 1 heterocycles. The van der Waals surface area contributed by atoms with E-state index in [9.17, 15) is 8.42 Å². The number of pyridine rings is 1. The molecule has 1 aliphatic carbocycles. The van der Waals surface area contributed by atoms with Gasteiger partial charge in [0.1, 0.15) is 12.2 Å². The van der Waals surface area contributed by atoms with Crippen LogP contribution in [0.1, 0.15) is 42.4 Å². The largest absolute Gasteiger partial charge is 0.474 e. The van der Waals surface area contributed by atoms with Crippen molar-refractivity contribution in [1.29, 1.82) is 5.26 Å². The van der Waals surface area contributed by atoms with Crippen molar-refractivity contribution in [3.05, 3.63) is 53.2 Å². The molecule has 0 unspecified atom stereocenters. The number of benzene rings is 1. The second-order valence-corrected chi connectivity index (χ2v) is 8.67. The summed E-state index contributed by atoms with van der Waals surface area (Å²) in [7, 11) is -3.52. The van der Waals surface area contributed by atoms with Gasteiger partial charge in [0.2, 0.25) is 15.9 Å². The van der Waals surface area contributed by atoms with E-state index in [1.165, 1.54) is 6.20 Å². The quantitative estimate of drug-likeness (QED) is 0.853. The molecular weight excluding hydrogens is 362 g/mol. The van der Waals surface area contributed by atoms with Crippen LogP contribution in [0.4, 0.5) is 0 Å². The SMILES string of the molecule is Cc1ccc(S(=O)(=O)NC2CCC(Oc3ccc(C#N)cn3)CC2)cc1C. The monoisotopic (exact) mass is 385 g/mol. The van der Waals surface area contributed by atoms with E-state index < -0.39 is 10.0 Å². The van der Waals surface area contributed by atoms with Gasteiger partial charge in [0, 0.05) is 18.3 Å². The number of nitrogens with zero attached hydrogens (tertiary/aromatic N) is 2. The molecule has 1 aromatic heterocycles. The van der Waals surface area contributed by atoms with Gasteiger partial charge in [-0.1, -0.05) is 6.07 Å². The molecule has 1 aliphatic rings. The van der Waals surface area contributed by atoms with Crippen LogP contribution < -0.4 is 9.46 Å². The fourth-order valence-corrected chi connectivity index (χ4v) is 4.54. The highest BCUT2D eigenvalue weighted by Crippen LogP contribution is 2.24. The molecule has 1 N–H and O–H groups in total. The van der Waals surface area contributed by atoms with Gasteiger partial charge >= 0.3 is 0 Å². The molecule has 0 aliphatic heterocycles. The van der Waals surface area contributed by atoms with Crippen molar-refractivity contribution < 1.29 is 13.2 Å². The first-order chi connectivity index (χ1) is 12.9. The Kier molecular flexibility index (Phi) is 5.78. The van der Waals surface area contributed by atoms with Gasteiger partial charge in [0.15, 0.2) is 0 Å². The summed E-state index contributed by atoms with van der Waals surface area (Å²) in [5, 5.41) is 8.80. The molecule has 0 atom stereocenters. The van der Waals surface area contributed by atoms with Crippen molar-refractivity contribution >= 4 is 10.0 Å². The van der Waals surface area contributed by atoms with Gasteiger partial charge in [0.05, 0.1) is 10.5 Å². The van der Waals surface area contributed by atoms with Gasteiger partial charge in [-0.3, -0.25) is 0 Å². The third kappa shape index (κ3) is 4.85. The van der Waals surface area contributed by atoms with Crippen LogP contribution in [0, 0.1) is 25.2 Å². The Morgan fingerprint density at radius 2 is 1.85 bits per heavy atom. The highest BCUT2D eigenvalue weighted by atomic mass is 32.2. The summed E-state index contributed by atoms with van der Waals surface area (Å²) in [6.45, 7) is 3.87. The summed E-state index contributed by atoms with van der Waals surface area (Å²) < 4.78 is 33.9. The van der Waals surface area contributed by atoms with Crippen LogP contribution in [0.25, 0.3) is 0 Å². The lowest BCUT2D eigenvalue weighted by atomic mass is 9.94. The minimum atomic E-state index is -3.52. The highest BCUT2D eigenvalue weighted by Gasteiger charge is 2.27. The molecule has 6 nitrogen and oxygen atoms in total. The minimum absolute atomic E-state index is 0.00723. The molecule has 0 bridgehead atoms. The second kappa shape index (κ2) is 8.07. The number of sulfonamides is 1. The van der Waals surface area contributed by atoms with Crippen molar-refractivity contribution in [2.75, 3.05) is 0 Å². The smallest absolute Gasteiger partial charge is 0.240 e. The predicted molar refractivity (Wildman–Crippen MR) is 102 cm³/mol. The third-order valence-corrected chi connectivity index (χ3v) is 6.46. The zero-order valence-electron chi connectivity index (χ0n) is 15.5. The lowest BCUT2D eigenvalue weighted by Gasteiger charge is -2.29. The highest BCUT2D eigenvalue weighted by molar-refractivity contribution is 7.89. The number of rotatable bonds is 5. The molecule has 27 heavy (non-hydrogen) atoms. The summed E-state index contributed by atoms with van der Waals surface area (Å²) in [4.78, 5) is 4.43. The van der Waals surface area contributed by atoms with Crippen molar-refractivity contribution in [3.63, 3.8) is 0 Å². The van der Waals surface area contributed by atoms with E-state index in [2.05, 4.69) is 9.71 Å². The normalized spacial score (nSPS) is 20.0. The fraction of sp³-hybridized carbons (Fsp3) is 0.400. The topological polar surface area (TPSA) is 92.1 Å². The summed E-state index contributed by atoms with van der Waals surface area (Å²) in [5.74, 6) is 0.494. The van der Waals surface area contributed by atoms with Crippen molar-refractivity contribution in [3.8, 4) is 11.9 Å². The lowest BCUT2D eigenvalue weighted by molar-refractivity contribution is 0.138. The van der Waals surface area contributed by atoms with Crippen molar-refractivity contribution in [2.45, 2.75) is 56.6 Å². The average Bonchev–Trinajstić information content (AvgIpc) is 2.66. The summed E-state index contributed by atoms with van der Waals surface area (Å²) in [5.41, 5.74) is 2.53. The predicted octanol–water partition coefficient (Wildman–Crippen LogP) is 3.24. The van der Waals surface area contributed by atoms with E-state index in [0.717, 1.165) is 24.0 Å². The van der Waals surface area contributed by atoms with E-state index in [0.29, 0.717) is 29.2 Å². The number of aryl methyl sites for hydroxylation is 2. The molecule has 0 amide bonds. The number of nitriles is 1. The van der Waals surface area contributed by atoms with Crippen LogP contribution in [0.3, 0.4) is 0 Å². The van der Waals surface area contributed by atoms with Crippen molar-refractivity contribution in [1.82, 2.24) is 9.71 Å². The van der Waals surface area contributed by atoms with E-state index in [1.54, 1.807) is 24.3 Å². The summed E-state index contributed by atoms with van der Waals surface area (Å²) >= 11 is 0. The van der Waals surface area contributed by atoms with Crippen LogP contribution in [-0.2, 0) is 10.0 Å². The Labute approximate surface area is 160 Å². The Morgan fingerprint density at radius 3 is 2.44 bits per heavy atom. The first-order valence-corrected chi connectivity index (χ1v) is 10.5. The Hall–Kier alpha value is -2.43. The number of hydrogen-bond acceptors (Lipinski definition) is 5. The van der Waals surface area contributed by atoms with E-state index in [-0.39, 0.29) is 12.1 Å². The maximum atomic E-state index is 12.6. The van der Waals surface area contributed by atoms with E-state index in [1.807, 2.05) is 26.0 Å². The third-order valence-electron chi connectivity index (χ3n) is 4.94. The molecular formula is C20H23N3O3S. The molecule has 142 valence electrons. The fourth-order valence-electron chi connectivity index (χ4n) is 3.15. The molecule has 0 spiro atoms. The van der Waals surface area contributed by atoms with Crippen molar-refractivity contribution in [2.24, 2.45) is 0 Å². The van der Waals surface area contributed by atoms with Gasteiger partial charge in [-0.2, -0.15) is 5.26 Å². The number of aromatic nitrogens is 1. The number of nitrogens with one attached hydrogen (secondary N) is 1. The molecule has 1 aromatic carbocycles. The first kappa shape index (κ1) is 19.3. The van der Waals surface area contributed by atoms with E-state index in [4.69, 9.17) is 10.00 Å². The Morgan fingerprint density at radius 1 is 1.11 bits per heavy atom. The minimum Gasteiger partial charge on any atom is -0.474 e. The Balaban J connectivity index is 1.55. The van der Waals surface area contributed by atoms with Crippen LogP contribution in [0.15, 0.2) is 41.4 Å². The molecule has 1 saturated carbocycles. The second-order valence-electron chi connectivity index (χ2n) is 6.96. The van der Waals surface area contributed by atoms with Crippen LogP contribution in [0.2, 0.25) is 0 Å². The summed E-state index contributed by atoms with van der Waals surface area (Å²) in [6.07, 6.45) is 4.42. The lowest BCUT2D eigenvalue weighted by Crippen LogP contribution is -2.39. The maximum absolute atomic E-state index is 12.6. The molecule has 3 rings (SSSR count). The number of hydrogen-bond donors (Lipinski definition) is 1. The van der Waals surface area contributed by atoms with E-state index >= 15 is 0 Å².